The molecule has 61 heavy (non-hydrogen) atoms. The van der Waals surface area contributed by atoms with Crippen molar-refractivity contribution in [2.45, 2.75) is 111 Å². The average Bonchev–Trinajstić information content (AvgIpc) is 3.57. The molecule has 0 N–H and O–H groups in total. The molecule has 1 aliphatic carbocycles. The number of hydrogen-bond donors (Lipinski definition) is 0. The molecule has 10 rings (SSSR count). The van der Waals surface area contributed by atoms with Gasteiger partial charge in [-0.2, -0.15) is 0 Å². The molecule has 0 spiro atoms. The molecule has 0 amide bonds. The minimum atomic E-state index is -0.265. The molecule has 3 aliphatic rings. The van der Waals surface area contributed by atoms with E-state index >= 15 is 8.78 Å². The minimum Gasteiger partial charge on any atom is -0.311 e. The molecule has 0 radical (unpaired) electrons. The Morgan fingerprint density at radius 2 is 1.16 bits per heavy atom. The van der Waals surface area contributed by atoms with E-state index in [1.54, 1.807) is 24.3 Å². The van der Waals surface area contributed by atoms with Gasteiger partial charge >= 0.3 is 0 Å². The number of hydrogen-bond acceptors (Lipinski definition) is 3. The Morgan fingerprint density at radius 3 is 1.82 bits per heavy atom. The quantitative estimate of drug-likeness (QED) is 0.164. The topological polar surface area (TPSA) is 6.48 Å². The van der Waals surface area contributed by atoms with Gasteiger partial charge in [0.1, 0.15) is 11.6 Å². The summed E-state index contributed by atoms with van der Waals surface area (Å²) in [6.45, 7) is 25.0. The van der Waals surface area contributed by atoms with E-state index in [-0.39, 0.29) is 40.0 Å². The van der Waals surface area contributed by atoms with Crippen LogP contribution in [0.1, 0.15) is 110 Å². The Balaban J connectivity index is 1.38. The van der Waals surface area contributed by atoms with E-state index in [9.17, 15) is 0 Å². The number of anilines is 6. The maximum Gasteiger partial charge on any atom is 0.264 e. The molecule has 0 bridgehead atoms. The van der Waals surface area contributed by atoms with Gasteiger partial charge in [0.15, 0.2) is 0 Å². The first kappa shape index (κ1) is 39.9. The van der Waals surface area contributed by atoms with Crippen LogP contribution in [-0.4, -0.2) is 6.71 Å². The normalized spacial score (nSPS) is 16.3. The highest BCUT2D eigenvalue weighted by molar-refractivity contribution is 7.33. The maximum atomic E-state index is 16.6. The van der Waals surface area contributed by atoms with Crippen molar-refractivity contribution in [3.8, 4) is 11.1 Å². The SMILES string of the molecule is Cc1cc2c3c(c1)N(c1ccccc1F)c1c(sc4ccc(C(C)(C)C)cc14)B3c1cc3c(cc1N2c1ccc(C(C)(C)C)cc1-c1ccccc1F)C(C)(C)CCC3(C)C. The van der Waals surface area contributed by atoms with Crippen LogP contribution in [-0.2, 0) is 21.7 Å². The monoisotopic (exact) mass is 824 g/mol. The standard InChI is InChI=1S/C55H55BF2N2S/c1-32-26-46-49-47(27-32)60(44-19-15-14-18-42(44)58)50-37-29-34(53(5,6)7)21-23-48(37)61-51(50)56(49)40-30-38-39(55(10,11)25-24-54(38,8)9)31-45(40)59(46)43-22-20-33(52(2,3)4)28-36(43)35-16-12-13-17-41(35)57/h12-23,26-31H,24-25H2,1-11H3. The first-order valence-corrected chi connectivity index (χ1v) is 22.7. The second kappa shape index (κ2) is 13.4. The number of para-hydroxylation sites is 1. The third-order valence-corrected chi connectivity index (χ3v) is 15.2. The van der Waals surface area contributed by atoms with Crippen LogP contribution in [0.4, 0.5) is 42.9 Å². The zero-order chi connectivity index (χ0) is 43.1. The Kier molecular flexibility index (Phi) is 8.77. The van der Waals surface area contributed by atoms with Crippen molar-refractivity contribution in [2.75, 3.05) is 9.80 Å². The van der Waals surface area contributed by atoms with Gasteiger partial charge in [0.05, 0.1) is 17.1 Å². The van der Waals surface area contributed by atoms with Gasteiger partial charge in [-0.1, -0.05) is 118 Å². The van der Waals surface area contributed by atoms with E-state index in [0.717, 1.165) is 68.8 Å². The van der Waals surface area contributed by atoms with Crippen LogP contribution in [0, 0.1) is 18.6 Å². The predicted molar refractivity (Wildman–Crippen MR) is 259 cm³/mol. The molecule has 0 saturated carbocycles. The maximum absolute atomic E-state index is 16.6. The van der Waals surface area contributed by atoms with Crippen molar-refractivity contribution < 1.29 is 8.78 Å². The fraction of sp³-hybridized carbons (Fsp3) is 0.309. The summed E-state index contributed by atoms with van der Waals surface area (Å²) < 4.78 is 35.3. The molecule has 3 heterocycles. The van der Waals surface area contributed by atoms with E-state index < -0.39 is 0 Å². The lowest BCUT2D eigenvalue weighted by Crippen LogP contribution is -2.61. The summed E-state index contributed by atoms with van der Waals surface area (Å²) in [5.41, 5.74) is 15.4. The lowest BCUT2D eigenvalue weighted by molar-refractivity contribution is 0.332. The number of rotatable bonds is 3. The van der Waals surface area contributed by atoms with E-state index in [0.29, 0.717) is 11.3 Å². The highest BCUT2D eigenvalue weighted by Crippen LogP contribution is 2.53. The molecule has 6 heteroatoms. The number of aryl methyl sites for hydroxylation is 1. The average molecular weight is 825 g/mol. The Hall–Kier alpha value is -5.20. The minimum absolute atomic E-state index is 0.0355. The third-order valence-electron chi connectivity index (χ3n) is 14.0. The Labute approximate surface area is 365 Å². The van der Waals surface area contributed by atoms with Gasteiger partial charge in [-0.25, -0.2) is 8.78 Å². The van der Waals surface area contributed by atoms with E-state index in [1.165, 1.54) is 31.6 Å². The van der Waals surface area contributed by atoms with Crippen molar-refractivity contribution >= 4 is 78.0 Å². The number of nitrogens with zero attached hydrogens (tertiary/aromatic N) is 2. The van der Waals surface area contributed by atoms with Gasteiger partial charge in [0, 0.05) is 43.1 Å². The summed E-state index contributed by atoms with van der Waals surface area (Å²) in [4.78, 5) is 4.65. The van der Waals surface area contributed by atoms with E-state index in [1.807, 2.05) is 35.6 Å². The van der Waals surface area contributed by atoms with Crippen LogP contribution in [0.15, 0.2) is 109 Å². The molecule has 0 atom stereocenters. The smallest absolute Gasteiger partial charge is 0.264 e. The molecule has 2 nitrogen and oxygen atoms in total. The van der Waals surface area contributed by atoms with E-state index in [4.69, 9.17) is 0 Å². The van der Waals surface area contributed by atoms with Gasteiger partial charge in [-0.05, 0) is 141 Å². The Bertz CT molecular complexity index is 2960. The second-order valence-electron chi connectivity index (χ2n) is 21.2. The van der Waals surface area contributed by atoms with Crippen LogP contribution < -0.4 is 25.5 Å². The number of benzene rings is 6. The summed E-state index contributed by atoms with van der Waals surface area (Å²) in [5.74, 6) is -0.515. The molecule has 0 saturated heterocycles. The molecule has 1 aromatic heterocycles. The molecule has 6 aromatic carbocycles. The molecule has 0 fully saturated rings. The first-order chi connectivity index (χ1) is 28.7. The second-order valence-corrected chi connectivity index (χ2v) is 22.3. The first-order valence-electron chi connectivity index (χ1n) is 21.9. The third kappa shape index (κ3) is 6.14. The Morgan fingerprint density at radius 1 is 0.574 bits per heavy atom. The van der Waals surface area contributed by atoms with Gasteiger partial charge < -0.3 is 9.80 Å². The summed E-state index contributed by atoms with van der Waals surface area (Å²) in [6, 6.07) is 37.5. The van der Waals surface area contributed by atoms with Crippen LogP contribution in [0.2, 0.25) is 0 Å². The number of fused-ring (bicyclic) bond motifs is 7. The van der Waals surface area contributed by atoms with Crippen molar-refractivity contribution in [1.82, 2.24) is 0 Å². The lowest BCUT2D eigenvalue weighted by Gasteiger charge is -2.47. The van der Waals surface area contributed by atoms with Crippen molar-refractivity contribution in [3.05, 3.63) is 149 Å². The van der Waals surface area contributed by atoms with Crippen LogP contribution >= 0.6 is 11.3 Å². The van der Waals surface area contributed by atoms with Crippen LogP contribution in [0.5, 0.6) is 0 Å². The van der Waals surface area contributed by atoms with Gasteiger partial charge in [0.25, 0.3) is 6.71 Å². The molecular weight excluding hydrogens is 769 g/mol. The van der Waals surface area contributed by atoms with Gasteiger partial charge in [-0.3, -0.25) is 0 Å². The molecule has 7 aromatic rings. The molecular formula is C55H55BF2N2S. The van der Waals surface area contributed by atoms with Crippen molar-refractivity contribution in [2.24, 2.45) is 0 Å². The highest BCUT2D eigenvalue weighted by Gasteiger charge is 2.48. The van der Waals surface area contributed by atoms with Gasteiger partial charge in [0.2, 0.25) is 0 Å². The number of thiophene rings is 1. The summed E-state index contributed by atoms with van der Waals surface area (Å²) >= 11 is 1.84. The van der Waals surface area contributed by atoms with Crippen LogP contribution in [0.3, 0.4) is 0 Å². The van der Waals surface area contributed by atoms with Crippen LogP contribution in [0.25, 0.3) is 21.2 Å². The fourth-order valence-electron chi connectivity index (χ4n) is 10.4. The molecule has 2 aliphatic heterocycles. The van der Waals surface area contributed by atoms with Gasteiger partial charge in [-0.15, -0.1) is 11.3 Å². The zero-order valence-corrected chi connectivity index (χ0v) is 38.3. The van der Waals surface area contributed by atoms with E-state index in [2.05, 4.69) is 147 Å². The summed E-state index contributed by atoms with van der Waals surface area (Å²) in [6.07, 6.45) is 2.18. The zero-order valence-electron chi connectivity index (χ0n) is 37.4. The summed E-state index contributed by atoms with van der Waals surface area (Å²) in [5, 5.41) is 1.15. The molecule has 0 unspecified atom stereocenters. The largest absolute Gasteiger partial charge is 0.311 e. The number of halogens is 2. The van der Waals surface area contributed by atoms with Crippen molar-refractivity contribution in [1.29, 1.82) is 0 Å². The van der Waals surface area contributed by atoms with Crippen molar-refractivity contribution in [3.63, 3.8) is 0 Å². The predicted octanol–water partition coefficient (Wildman–Crippen LogP) is 14.2. The molecule has 308 valence electrons. The highest BCUT2D eigenvalue weighted by atomic mass is 32.1. The summed E-state index contributed by atoms with van der Waals surface area (Å²) in [7, 11) is 0. The lowest BCUT2D eigenvalue weighted by atomic mass is 9.35. The fourth-order valence-corrected chi connectivity index (χ4v) is 11.7.